The van der Waals surface area contributed by atoms with Crippen molar-refractivity contribution in [1.82, 2.24) is 5.32 Å². The fourth-order valence-electron chi connectivity index (χ4n) is 2.43. The van der Waals surface area contributed by atoms with Gasteiger partial charge in [-0.25, -0.2) is 0 Å². The van der Waals surface area contributed by atoms with Gasteiger partial charge in [0, 0.05) is 10.5 Å². The number of benzene rings is 2. The molecule has 0 radical (unpaired) electrons. The highest BCUT2D eigenvalue weighted by atomic mass is 79.9. The molecule has 112 valence electrons. The van der Waals surface area contributed by atoms with Gasteiger partial charge in [-0.1, -0.05) is 47.1 Å². The summed E-state index contributed by atoms with van der Waals surface area (Å²) in [6, 6.07) is 16.4. The molecule has 0 heterocycles. The van der Waals surface area contributed by atoms with Gasteiger partial charge < -0.3 is 10.4 Å². The molecule has 21 heavy (non-hydrogen) atoms. The predicted molar refractivity (Wildman–Crippen MR) is 91.7 cm³/mol. The van der Waals surface area contributed by atoms with Crippen LogP contribution < -0.4 is 5.32 Å². The fraction of sp³-hybridized carbons (Fsp3) is 0.333. The van der Waals surface area contributed by atoms with Crippen molar-refractivity contribution in [3.05, 3.63) is 64.1 Å². The van der Waals surface area contributed by atoms with Crippen LogP contribution in [0.15, 0.2) is 53.0 Å². The van der Waals surface area contributed by atoms with Crippen LogP contribution in [0, 0.1) is 0 Å². The largest absolute Gasteiger partial charge is 0.508 e. The number of phenolic OH excluding ortho intramolecular Hbond substituents is 1. The molecule has 1 unspecified atom stereocenters. The third-order valence-corrected chi connectivity index (χ3v) is 3.97. The molecule has 2 nitrogen and oxygen atoms in total. The summed E-state index contributed by atoms with van der Waals surface area (Å²) in [6.07, 6.45) is 3.09. The average molecular weight is 348 g/mol. The monoisotopic (exact) mass is 347 g/mol. The molecule has 2 N–H and O–H groups in total. The molecule has 2 aromatic rings. The van der Waals surface area contributed by atoms with Crippen LogP contribution >= 0.6 is 15.9 Å². The van der Waals surface area contributed by atoms with E-state index in [4.69, 9.17) is 0 Å². The third kappa shape index (κ3) is 5.52. The number of halogens is 1. The fourth-order valence-corrected chi connectivity index (χ4v) is 2.88. The van der Waals surface area contributed by atoms with Crippen LogP contribution in [0.3, 0.4) is 0 Å². The van der Waals surface area contributed by atoms with Gasteiger partial charge in [-0.15, -0.1) is 0 Å². The zero-order chi connectivity index (χ0) is 15.1. The minimum Gasteiger partial charge on any atom is -0.508 e. The molecule has 0 aliphatic carbocycles. The number of rotatable bonds is 7. The SMILES string of the molecule is CCCNC(Cc1ccc(O)cc1)Cc1cccc(Br)c1. The summed E-state index contributed by atoms with van der Waals surface area (Å²) in [6.45, 7) is 3.21. The topological polar surface area (TPSA) is 32.3 Å². The Labute approximate surface area is 135 Å². The maximum absolute atomic E-state index is 9.38. The first-order valence-corrected chi connectivity index (χ1v) is 8.22. The lowest BCUT2D eigenvalue weighted by Crippen LogP contribution is -2.33. The molecular formula is C18H22BrNO. The minimum atomic E-state index is 0.323. The highest BCUT2D eigenvalue weighted by molar-refractivity contribution is 9.10. The van der Waals surface area contributed by atoms with E-state index in [2.05, 4.69) is 52.4 Å². The summed E-state index contributed by atoms with van der Waals surface area (Å²) in [4.78, 5) is 0. The van der Waals surface area contributed by atoms with E-state index in [9.17, 15) is 5.11 Å². The van der Waals surface area contributed by atoms with Gasteiger partial charge in [0.05, 0.1) is 0 Å². The third-order valence-electron chi connectivity index (χ3n) is 3.47. The summed E-state index contributed by atoms with van der Waals surface area (Å²) >= 11 is 3.53. The summed E-state index contributed by atoms with van der Waals surface area (Å²) in [5, 5.41) is 13.0. The van der Waals surface area contributed by atoms with Crippen molar-refractivity contribution in [3.8, 4) is 5.75 Å². The number of hydrogen-bond acceptors (Lipinski definition) is 2. The van der Waals surface area contributed by atoms with Crippen LogP contribution in [0.1, 0.15) is 24.5 Å². The van der Waals surface area contributed by atoms with E-state index in [1.807, 2.05) is 12.1 Å². The van der Waals surface area contributed by atoms with Crippen LogP contribution in [0.25, 0.3) is 0 Å². The highest BCUT2D eigenvalue weighted by Gasteiger charge is 2.10. The summed E-state index contributed by atoms with van der Waals surface area (Å²) in [5.74, 6) is 0.323. The van der Waals surface area contributed by atoms with Crippen LogP contribution in [0.2, 0.25) is 0 Å². The van der Waals surface area contributed by atoms with Crippen LogP contribution in [0.5, 0.6) is 5.75 Å². The Hall–Kier alpha value is -1.32. The molecule has 2 rings (SSSR count). The predicted octanol–water partition coefficient (Wildman–Crippen LogP) is 4.31. The van der Waals surface area contributed by atoms with Gasteiger partial charge in [0.25, 0.3) is 0 Å². The van der Waals surface area contributed by atoms with E-state index in [0.717, 1.165) is 30.3 Å². The summed E-state index contributed by atoms with van der Waals surface area (Å²) in [7, 11) is 0. The van der Waals surface area contributed by atoms with E-state index >= 15 is 0 Å². The lowest BCUT2D eigenvalue weighted by molar-refractivity contribution is 0.474. The second kappa shape index (κ2) is 8.20. The molecule has 0 amide bonds. The van der Waals surface area contributed by atoms with Gasteiger partial charge in [0.1, 0.15) is 5.75 Å². The first-order valence-electron chi connectivity index (χ1n) is 7.43. The Morgan fingerprint density at radius 3 is 2.43 bits per heavy atom. The quantitative estimate of drug-likeness (QED) is 0.782. The second-order valence-electron chi connectivity index (χ2n) is 5.36. The van der Waals surface area contributed by atoms with Crippen LogP contribution in [-0.4, -0.2) is 17.7 Å². The molecule has 0 aliphatic rings. The standard InChI is InChI=1S/C18H22BrNO/c1-2-10-20-17(12-14-6-8-18(21)9-7-14)13-15-4-3-5-16(19)11-15/h3-9,11,17,20-21H,2,10,12-13H2,1H3. The van der Waals surface area contributed by atoms with Gasteiger partial charge >= 0.3 is 0 Å². The van der Waals surface area contributed by atoms with Gasteiger partial charge in [0.2, 0.25) is 0 Å². The molecule has 3 heteroatoms. The molecule has 0 saturated heterocycles. The van der Waals surface area contributed by atoms with Crippen molar-refractivity contribution in [2.75, 3.05) is 6.54 Å². The average Bonchev–Trinajstić information content (AvgIpc) is 2.47. The molecule has 0 aliphatic heterocycles. The van der Waals surface area contributed by atoms with E-state index in [-0.39, 0.29) is 0 Å². The Kier molecular flexibility index (Phi) is 6.27. The lowest BCUT2D eigenvalue weighted by Gasteiger charge is -2.19. The molecular weight excluding hydrogens is 326 g/mol. The molecule has 0 fully saturated rings. The van der Waals surface area contributed by atoms with Crippen LogP contribution in [0.4, 0.5) is 0 Å². The smallest absolute Gasteiger partial charge is 0.115 e. The summed E-state index contributed by atoms with van der Waals surface area (Å²) < 4.78 is 1.12. The van der Waals surface area contributed by atoms with E-state index in [0.29, 0.717) is 11.8 Å². The number of hydrogen-bond donors (Lipinski definition) is 2. The van der Waals surface area contributed by atoms with Gasteiger partial charge in [-0.05, 0) is 61.2 Å². The second-order valence-corrected chi connectivity index (χ2v) is 6.27. The van der Waals surface area contributed by atoms with Crippen molar-refractivity contribution in [2.45, 2.75) is 32.2 Å². The Bertz CT molecular complexity index is 553. The molecule has 1 atom stereocenters. The molecule has 0 saturated carbocycles. The van der Waals surface area contributed by atoms with Crippen molar-refractivity contribution < 1.29 is 5.11 Å². The molecule has 0 aromatic heterocycles. The summed E-state index contributed by atoms with van der Waals surface area (Å²) in [5.41, 5.74) is 2.58. The van der Waals surface area contributed by atoms with E-state index < -0.39 is 0 Å². The first kappa shape index (κ1) is 16.1. The molecule has 0 spiro atoms. The molecule has 2 aromatic carbocycles. The maximum Gasteiger partial charge on any atom is 0.115 e. The Morgan fingerprint density at radius 2 is 1.76 bits per heavy atom. The van der Waals surface area contributed by atoms with Crippen molar-refractivity contribution in [2.24, 2.45) is 0 Å². The van der Waals surface area contributed by atoms with E-state index in [1.54, 1.807) is 12.1 Å². The zero-order valence-electron chi connectivity index (χ0n) is 12.3. The van der Waals surface area contributed by atoms with Crippen molar-refractivity contribution in [1.29, 1.82) is 0 Å². The van der Waals surface area contributed by atoms with E-state index in [1.165, 1.54) is 11.1 Å². The highest BCUT2D eigenvalue weighted by Crippen LogP contribution is 2.16. The normalized spacial score (nSPS) is 12.3. The minimum absolute atomic E-state index is 0.323. The Balaban J connectivity index is 2.04. The molecule has 0 bridgehead atoms. The van der Waals surface area contributed by atoms with Gasteiger partial charge in [-0.3, -0.25) is 0 Å². The zero-order valence-corrected chi connectivity index (χ0v) is 13.9. The van der Waals surface area contributed by atoms with Gasteiger partial charge in [0.15, 0.2) is 0 Å². The van der Waals surface area contributed by atoms with Crippen LogP contribution in [-0.2, 0) is 12.8 Å². The van der Waals surface area contributed by atoms with Crippen molar-refractivity contribution >= 4 is 15.9 Å². The first-order chi connectivity index (χ1) is 10.2. The lowest BCUT2D eigenvalue weighted by atomic mass is 9.99. The number of nitrogens with one attached hydrogen (secondary N) is 1. The Morgan fingerprint density at radius 1 is 1.05 bits per heavy atom. The number of aromatic hydroxyl groups is 1. The van der Waals surface area contributed by atoms with Crippen molar-refractivity contribution in [3.63, 3.8) is 0 Å². The van der Waals surface area contributed by atoms with Gasteiger partial charge in [-0.2, -0.15) is 0 Å². The number of phenols is 1. The maximum atomic E-state index is 9.38.